The Morgan fingerprint density at radius 1 is 0.900 bits per heavy atom. The van der Waals surface area contributed by atoms with Gasteiger partial charge in [0.25, 0.3) is 0 Å². The first-order valence-electron chi connectivity index (χ1n) is 15.9. The van der Waals surface area contributed by atoms with Gasteiger partial charge >= 0.3 is 23.9 Å². The number of rotatable bonds is 12. The molecule has 2 aliphatic rings. The number of aromatic nitrogens is 2. The van der Waals surface area contributed by atoms with Crippen molar-refractivity contribution in [3.63, 3.8) is 0 Å². The molecule has 0 bridgehead atoms. The van der Waals surface area contributed by atoms with Crippen molar-refractivity contribution in [3.8, 4) is 0 Å². The zero-order chi connectivity index (χ0) is 37.7. The van der Waals surface area contributed by atoms with E-state index in [1.165, 1.54) is 0 Å². The second-order valence-corrected chi connectivity index (χ2v) is 10.7. The van der Waals surface area contributed by atoms with Gasteiger partial charge in [-0.05, 0) is 50.3 Å². The second-order valence-electron chi connectivity index (χ2n) is 10.7. The fourth-order valence-electron chi connectivity index (χ4n) is 3.94. The monoisotopic (exact) mass is 707 g/mol. The summed E-state index contributed by atoms with van der Waals surface area (Å²) in [5.41, 5.74) is 26.5. The number of nitrogens with one attached hydrogen (secondary N) is 2. The Bertz CT molecular complexity index is 1240. The maximum absolute atomic E-state index is 10.4. The fourth-order valence-corrected chi connectivity index (χ4v) is 3.94. The number of anilines is 1. The van der Waals surface area contributed by atoms with Gasteiger partial charge in [0.15, 0.2) is 5.96 Å². The van der Waals surface area contributed by atoms with E-state index in [-0.39, 0.29) is 25.0 Å². The molecule has 0 amide bonds. The lowest BCUT2D eigenvalue weighted by molar-refractivity contribution is -0.139. The van der Waals surface area contributed by atoms with Gasteiger partial charge < -0.3 is 64.6 Å². The van der Waals surface area contributed by atoms with E-state index in [9.17, 15) is 19.2 Å². The number of hydrogen-bond donors (Lipinski definition) is 11. The summed E-state index contributed by atoms with van der Waals surface area (Å²) in [4.78, 5) is 54.5. The topological polar surface area (TPSA) is 345 Å². The maximum atomic E-state index is 10.4. The number of piperazine rings is 1. The van der Waals surface area contributed by atoms with Crippen LogP contribution in [0.25, 0.3) is 0 Å². The molecule has 2 unspecified atom stereocenters. The second kappa shape index (κ2) is 27.9. The van der Waals surface area contributed by atoms with Crippen molar-refractivity contribution in [2.75, 3.05) is 50.7 Å². The van der Waals surface area contributed by atoms with Crippen LogP contribution in [0, 0.1) is 0 Å². The minimum absolute atomic E-state index is 0.0129. The Hall–Kier alpha value is -4.95. The molecule has 3 atom stereocenters. The molecule has 3 heterocycles. The van der Waals surface area contributed by atoms with Crippen LogP contribution in [0.1, 0.15) is 37.7 Å². The third-order valence-corrected chi connectivity index (χ3v) is 6.57. The van der Waals surface area contributed by atoms with Gasteiger partial charge in [-0.15, -0.1) is 0 Å². The van der Waals surface area contributed by atoms with Crippen LogP contribution in [0.2, 0.25) is 0 Å². The van der Waals surface area contributed by atoms with E-state index in [1.54, 1.807) is 12.4 Å². The third kappa shape index (κ3) is 24.2. The van der Waals surface area contributed by atoms with E-state index >= 15 is 0 Å². The van der Waals surface area contributed by atoms with Gasteiger partial charge in [0.2, 0.25) is 5.95 Å². The lowest BCUT2D eigenvalue weighted by Gasteiger charge is -2.26. The Balaban J connectivity index is 0.000000613. The standard InChI is InChI=1S/C9H11NO2.C8H12N4.C6H14N4O2.C5H9NO2.C3H7NO2/c10-8(9(11)12)6-7-4-2-1-3-5-7;1-2-10-8(11-3-1)12-6-4-9-5-7-12;7-4(5(11)12)2-1-3-10-6(8)9;7-5(8)4-2-1-3-6-4;4-2-1-3(5)6/h1-5,8H,6,10H2,(H,11,12);1-3,9H,4-7H2;4H,1-3,7H2,(H,11,12)(H4,8,9,10);4,6H,1-3H2,(H,7,8);1-2,4H2,(H,5,6)/t;;;4-;/m...0./s1. The van der Waals surface area contributed by atoms with Crippen LogP contribution in [-0.2, 0) is 25.6 Å². The van der Waals surface area contributed by atoms with Crippen molar-refractivity contribution in [1.29, 1.82) is 0 Å². The smallest absolute Gasteiger partial charge is 0.320 e. The van der Waals surface area contributed by atoms with Crippen molar-refractivity contribution >= 4 is 35.8 Å². The van der Waals surface area contributed by atoms with Crippen LogP contribution < -0.4 is 44.2 Å². The molecule has 0 saturated carbocycles. The molecule has 2 saturated heterocycles. The van der Waals surface area contributed by atoms with Crippen LogP contribution in [-0.4, -0.2) is 124 Å². The van der Waals surface area contributed by atoms with Crippen molar-refractivity contribution < 1.29 is 39.6 Å². The molecule has 0 aliphatic carbocycles. The number of hydrogen-bond acceptors (Lipinski definition) is 13. The Kier molecular flexibility index (Phi) is 25.2. The van der Waals surface area contributed by atoms with E-state index in [4.69, 9.17) is 49.1 Å². The Morgan fingerprint density at radius 3 is 1.92 bits per heavy atom. The molecule has 2 aliphatic heterocycles. The molecule has 19 heteroatoms. The Labute approximate surface area is 291 Å². The summed E-state index contributed by atoms with van der Waals surface area (Å²) in [5, 5.41) is 39.2. The number of nitrogens with zero attached hydrogens (tertiary/aromatic N) is 4. The molecule has 16 N–H and O–H groups in total. The van der Waals surface area contributed by atoms with Crippen LogP contribution in [0.15, 0.2) is 53.8 Å². The molecular formula is C31H53N11O8. The molecule has 1 aromatic heterocycles. The molecule has 0 spiro atoms. The molecule has 19 nitrogen and oxygen atoms in total. The average Bonchev–Trinajstić information content (AvgIpc) is 3.65. The van der Waals surface area contributed by atoms with Gasteiger partial charge in [-0.25, -0.2) is 9.97 Å². The van der Waals surface area contributed by atoms with Crippen LogP contribution in [0.4, 0.5) is 5.95 Å². The number of guanidine groups is 1. The molecular weight excluding hydrogens is 654 g/mol. The highest BCUT2D eigenvalue weighted by Gasteiger charge is 2.20. The summed E-state index contributed by atoms with van der Waals surface area (Å²) < 4.78 is 0. The number of carboxylic acids is 4. The number of nitrogens with two attached hydrogens (primary N) is 5. The SMILES string of the molecule is NC(Cc1ccccc1)C(=O)O.NC(N)=NCCCC(N)C(=O)O.NCCC(=O)O.O=C(O)[C@@H]1CCCN1.c1cnc(N2CCNCC2)nc1. The predicted octanol–water partition coefficient (Wildman–Crippen LogP) is -1.78. The van der Waals surface area contributed by atoms with Crippen molar-refractivity contribution in [3.05, 3.63) is 54.4 Å². The van der Waals surface area contributed by atoms with Gasteiger partial charge in [0.05, 0.1) is 6.42 Å². The van der Waals surface area contributed by atoms with E-state index in [1.807, 2.05) is 36.4 Å². The first-order chi connectivity index (χ1) is 23.8. The minimum atomic E-state index is -1.00. The van der Waals surface area contributed by atoms with E-state index < -0.39 is 36.0 Å². The average molecular weight is 708 g/mol. The van der Waals surface area contributed by atoms with Gasteiger partial charge in [-0.1, -0.05) is 30.3 Å². The normalized spacial score (nSPS) is 15.7. The number of carbonyl (C=O) groups is 4. The zero-order valence-corrected chi connectivity index (χ0v) is 28.1. The van der Waals surface area contributed by atoms with Crippen LogP contribution in [0.3, 0.4) is 0 Å². The highest BCUT2D eigenvalue weighted by molar-refractivity contribution is 5.75. The molecule has 4 rings (SSSR count). The number of aliphatic imine (C=N–C) groups is 1. The van der Waals surface area contributed by atoms with E-state index in [0.717, 1.165) is 57.1 Å². The highest BCUT2D eigenvalue weighted by atomic mass is 16.4. The summed E-state index contributed by atoms with van der Waals surface area (Å²) in [5.74, 6) is -2.66. The van der Waals surface area contributed by atoms with Gasteiger partial charge in [-0.2, -0.15) is 0 Å². The summed E-state index contributed by atoms with van der Waals surface area (Å²) in [7, 11) is 0. The van der Waals surface area contributed by atoms with Crippen molar-refractivity contribution in [2.45, 2.75) is 56.7 Å². The molecule has 2 aromatic rings. The van der Waals surface area contributed by atoms with Gasteiger partial charge in [0.1, 0.15) is 18.1 Å². The predicted molar refractivity (Wildman–Crippen MR) is 188 cm³/mol. The minimum Gasteiger partial charge on any atom is -0.481 e. The van der Waals surface area contributed by atoms with Crippen LogP contribution in [0.5, 0.6) is 0 Å². The number of benzene rings is 1. The maximum Gasteiger partial charge on any atom is 0.320 e. The largest absolute Gasteiger partial charge is 0.481 e. The van der Waals surface area contributed by atoms with Crippen molar-refractivity contribution in [2.24, 2.45) is 33.7 Å². The summed E-state index contributed by atoms with van der Waals surface area (Å²) in [6, 6.07) is 9.29. The first kappa shape index (κ1) is 45.0. The van der Waals surface area contributed by atoms with Crippen LogP contribution >= 0.6 is 0 Å². The fraction of sp³-hybridized carbons (Fsp3) is 0.516. The zero-order valence-electron chi connectivity index (χ0n) is 28.1. The van der Waals surface area contributed by atoms with E-state index in [2.05, 4.69) is 30.5 Å². The highest BCUT2D eigenvalue weighted by Crippen LogP contribution is 2.05. The number of aliphatic carboxylic acids is 4. The quantitative estimate of drug-likeness (QED) is 0.0659. The molecule has 1 aromatic carbocycles. The molecule has 50 heavy (non-hydrogen) atoms. The van der Waals surface area contributed by atoms with E-state index in [0.29, 0.717) is 25.8 Å². The van der Waals surface area contributed by atoms with Gasteiger partial charge in [-0.3, -0.25) is 24.2 Å². The molecule has 0 radical (unpaired) electrons. The number of carboxylic acid groups (broad SMARTS) is 4. The summed E-state index contributed by atoms with van der Waals surface area (Å²) in [6.07, 6.45) is 6.76. The summed E-state index contributed by atoms with van der Waals surface area (Å²) >= 11 is 0. The lowest BCUT2D eigenvalue weighted by atomic mass is 10.1. The first-order valence-corrected chi connectivity index (χ1v) is 15.9. The Morgan fingerprint density at radius 2 is 1.50 bits per heavy atom. The van der Waals surface area contributed by atoms with Gasteiger partial charge in [0, 0.05) is 51.7 Å². The summed E-state index contributed by atoms with van der Waals surface area (Å²) in [6.45, 7) is 5.57. The molecule has 2 fully saturated rings. The lowest BCUT2D eigenvalue weighted by Crippen LogP contribution is -2.44. The third-order valence-electron chi connectivity index (χ3n) is 6.57. The molecule has 280 valence electrons. The van der Waals surface area contributed by atoms with Crippen molar-refractivity contribution in [1.82, 2.24) is 20.6 Å².